The van der Waals surface area contributed by atoms with E-state index >= 15 is 0 Å². The first-order valence-corrected chi connectivity index (χ1v) is 13.9. The van der Waals surface area contributed by atoms with Crippen molar-refractivity contribution in [2.24, 2.45) is 17.6 Å². The van der Waals surface area contributed by atoms with Crippen molar-refractivity contribution < 1.29 is 15.0 Å². The number of hydrogen-bond acceptors (Lipinski definition) is 5. The molecule has 7 nitrogen and oxygen atoms in total. The Morgan fingerprint density at radius 3 is 2.44 bits per heavy atom. The summed E-state index contributed by atoms with van der Waals surface area (Å²) >= 11 is 0. The highest BCUT2D eigenvalue weighted by molar-refractivity contribution is 5.97. The molecule has 1 aliphatic heterocycles. The van der Waals surface area contributed by atoms with Crippen LogP contribution < -0.4 is 16.0 Å². The number of nitrogens with one attached hydrogen (secondary N) is 2. The molecule has 0 radical (unpaired) electrons. The number of carbonyl (C=O) groups excluding carboxylic acids is 1. The van der Waals surface area contributed by atoms with E-state index in [1.165, 1.54) is 11.1 Å². The predicted molar refractivity (Wildman–Crippen MR) is 156 cm³/mol. The van der Waals surface area contributed by atoms with E-state index in [0.717, 1.165) is 36.9 Å². The number of nitrogens with zero attached hydrogens (tertiary/aromatic N) is 1. The number of phenolic OH excluding ortho intramolecular Hbond substituents is 1. The van der Waals surface area contributed by atoms with Crippen LogP contribution in [-0.4, -0.2) is 40.6 Å². The van der Waals surface area contributed by atoms with Gasteiger partial charge >= 0.3 is 0 Å². The number of aliphatic hydroxyl groups is 1. The van der Waals surface area contributed by atoms with Crippen molar-refractivity contribution in [3.05, 3.63) is 77.9 Å². The lowest BCUT2D eigenvalue weighted by atomic mass is 9.74. The minimum absolute atomic E-state index is 0.0286. The van der Waals surface area contributed by atoms with E-state index in [0.29, 0.717) is 30.6 Å². The van der Waals surface area contributed by atoms with Crippen LogP contribution in [0.5, 0.6) is 5.75 Å². The van der Waals surface area contributed by atoms with Crippen LogP contribution in [0.25, 0.3) is 11.1 Å². The molecule has 1 amide bonds. The Morgan fingerprint density at radius 1 is 1.03 bits per heavy atom. The molecule has 2 fully saturated rings. The van der Waals surface area contributed by atoms with Crippen LogP contribution >= 0.6 is 0 Å². The molecule has 3 aromatic rings. The number of nitrogens with two attached hydrogens (primary N) is 1. The lowest BCUT2D eigenvalue weighted by Gasteiger charge is -2.39. The van der Waals surface area contributed by atoms with Crippen LogP contribution in [0.15, 0.2) is 66.7 Å². The molecule has 1 saturated carbocycles. The van der Waals surface area contributed by atoms with Crippen LogP contribution in [-0.2, 0) is 4.79 Å². The summed E-state index contributed by atoms with van der Waals surface area (Å²) in [5.41, 5.74) is 11.1. The average Bonchev–Trinajstić information content (AvgIpc) is 3.40. The molecule has 1 heterocycles. The van der Waals surface area contributed by atoms with E-state index < -0.39 is 0 Å². The maximum Gasteiger partial charge on any atom is 0.229 e. The van der Waals surface area contributed by atoms with Gasteiger partial charge in [-0.15, -0.1) is 0 Å². The van der Waals surface area contributed by atoms with Crippen molar-refractivity contribution in [3.63, 3.8) is 0 Å². The fourth-order valence-corrected chi connectivity index (χ4v) is 6.41. The molecule has 0 aromatic heterocycles. The smallest absolute Gasteiger partial charge is 0.229 e. The monoisotopic (exact) mass is 526 g/mol. The first kappa shape index (κ1) is 26.8. The Bertz CT molecular complexity index is 1330. The second-order valence-electron chi connectivity index (χ2n) is 11.0. The lowest BCUT2D eigenvalue weighted by Crippen LogP contribution is -2.46. The SMILES string of the molecule is Cc1ccccc1-c1ccc(NC(=O)C(C2CCC(O)CC2)C2CCCN2c2cc(C(=N)N)ccc2O)cc1. The van der Waals surface area contributed by atoms with Crippen LogP contribution in [0.4, 0.5) is 11.4 Å². The zero-order valence-corrected chi connectivity index (χ0v) is 22.4. The molecule has 2 aliphatic rings. The highest BCUT2D eigenvalue weighted by Gasteiger charge is 2.42. The van der Waals surface area contributed by atoms with Crippen LogP contribution in [0.3, 0.4) is 0 Å². The van der Waals surface area contributed by atoms with E-state index in [2.05, 4.69) is 29.3 Å². The Morgan fingerprint density at radius 2 is 1.74 bits per heavy atom. The van der Waals surface area contributed by atoms with Gasteiger partial charge in [0.05, 0.1) is 17.7 Å². The zero-order chi connectivity index (χ0) is 27.5. The number of hydrogen-bond donors (Lipinski definition) is 5. The van der Waals surface area contributed by atoms with Gasteiger partial charge in [-0.3, -0.25) is 10.2 Å². The topological polar surface area (TPSA) is 123 Å². The number of aryl methyl sites for hydroxylation is 1. The molecule has 5 rings (SSSR count). The third kappa shape index (κ3) is 5.78. The van der Waals surface area contributed by atoms with Gasteiger partial charge < -0.3 is 26.2 Å². The minimum atomic E-state index is -0.310. The van der Waals surface area contributed by atoms with Crippen molar-refractivity contribution in [2.45, 2.75) is 57.6 Å². The van der Waals surface area contributed by atoms with Crippen molar-refractivity contribution in [1.29, 1.82) is 5.41 Å². The summed E-state index contributed by atoms with van der Waals surface area (Å²) in [6, 6.07) is 21.1. The fraction of sp³-hybridized carbons (Fsp3) is 0.375. The summed E-state index contributed by atoms with van der Waals surface area (Å²) in [7, 11) is 0. The average molecular weight is 527 g/mol. The number of phenols is 1. The number of amidine groups is 1. The molecule has 0 spiro atoms. The molecule has 2 unspecified atom stereocenters. The Kier molecular flexibility index (Phi) is 7.89. The van der Waals surface area contributed by atoms with Gasteiger partial charge in [-0.25, -0.2) is 0 Å². The summed E-state index contributed by atoms with van der Waals surface area (Å²) in [6.45, 7) is 2.80. The third-order valence-electron chi connectivity index (χ3n) is 8.47. The van der Waals surface area contributed by atoms with E-state index in [1.807, 2.05) is 36.4 Å². The van der Waals surface area contributed by atoms with Gasteiger partial charge in [0, 0.05) is 23.8 Å². The highest BCUT2D eigenvalue weighted by atomic mass is 16.3. The van der Waals surface area contributed by atoms with Gasteiger partial charge in [-0.1, -0.05) is 36.4 Å². The van der Waals surface area contributed by atoms with Crippen molar-refractivity contribution in [3.8, 4) is 16.9 Å². The highest BCUT2D eigenvalue weighted by Crippen LogP contribution is 2.42. The van der Waals surface area contributed by atoms with E-state index in [1.54, 1.807) is 18.2 Å². The number of aliphatic hydroxyl groups excluding tert-OH is 1. The summed E-state index contributed by atoms with van der Waals surface area (Å²) < 4.78 is 0. The molecule has 204 valence electrons. The van der Waals surface area contributed by atoms with Gasteiger partial charge in [0.1, 0.15) is 11.6 Å². The molecule has 1 saturated heterocycles. The number of carbonyl (C=O) groups is 1. The lowest BCUT2D eigenvalue weighted by molar-refractivity contribution is -0.123. The van der Waals surface area contributed by atoms with Crippen molar-refractivity contribution in [1.82, 2.24) is 0 Å². The summed E-state index contributed by atoms with van der Waals surface area (Å²) in [4.78, 5) is 16.1. The molecule has 39 heavy (non-hydrogen) atoms. The number of aromatic hydroxyl groups is 1. The number of benzene rings is 3. The molecular weight excluding hydrogens is 488 g/mol. The Balaban J connectivity index is 1.42. The number of anilines is 2. The van der Waals surface area contributed by atoms with Gasteiger partial charge in [-0.2, -0.15) is 0 Å². The first-order valence-electron chi connectivity index (χ1n) is 13.9. The van der Waals surface area contributed by atoms with Gasteiger partial charge in [0.2, 0.25) is 5.91 Å². The van der Waals surface area contributed by atoms with Crippen molar-refractivity contribution in [2.75, 3.05) is 16.8 Å². The van der Waals surface area contributed by atoms with Crippen molar-refractivity contribution >= 4 is 23.1 Å². The van der Waals surface area contributed by atoms with Crippen LogP contribution in [0, 0.1) is 24.2 Å². The molecule has 6 N–H and O–H groups in total. The van der Waals surface area contributed by atoms with Crippen LogP contribution in [0.1, 0.15) is 49.7 Å². The molecule has 2 atom stereocenters. The van der Waals surface area contributed by atoms with Gasteiger partial charge in [0.25, 0.3) is 0 Å². The third-order valence-corrected chi connectivity index (χ3v) is 8.47. The first-order chi connectivity index (χ1) is 18.8. The fourth-order valence-electron chi connectivity index (χ4n) is 6.41. The predicted octanol–water partition coefficient (Wildman–Crippen LogP) is 5.43. The van der Waals surface area contributed by atoms with E-state index in [-0.39, 0.29) is 41.5 Å². The Hall–Kier alpha value is -3.84. The molecule has 7 heteroatoms. The number of amides is 1. The van der Waals surface area contributed by atoms with Gasteiger partial charge in [0.15, 0.2) is 0 Å². The normalized spacial score (nSPS) is 21.9. The molecular formula is C32H38N4O3. The second kappa shape index (κ2) is 11.5. The quantitative estimate of drug-likeness (QED) is 0.208. The second-order valence-corrected chi connectivity index (χ2v) is 11.0. The number of rotatable bonds is 7. The summed E-state index contributed by atoms with van der Waals surface area (Å²) in [5, 5.41) is 32.0. The van der Waals surface area contributed by atoms with Crippen LogP contribution in [0.2, 0.25) is 0 Å². The maximum absolute atomic E-state index is 14.0. The van der Waals surface area contributed by atoms with E-state index in [4.69, 9.17) is 11.1 Å². The summed E-state index contributed by atoms with van der Waals surface area (Å²) in [5.74, 6) is -0.146. The number of nitrogen functional groups attached to an aromatic ring is 1. The Labute approximate surface area is 230 Å². The maximum atomic E-state index is 14.0. The minimum Gasteiger partial charge on any atom is -0.506 e. The molecule has 3 aromatic carbocycles. The molecule has 1 aliphatic carbocycles. The van der Waals surface area contributed by atoms with E-state index in [9.17, 15) is 15.0 Å². The largest absolute Gasteiger partial charge is 0.506 e. The van der Waals surface area contributed by atoms with Gasteiger partial charge in [-0.05, 0) is 98.4 Å². The zero-order valence-electron chi connectivity index (χ0n) is 22.4. The standard InChI is InChI=1S/C32H38N4O3/c1-20-5-2-3-6-26(20)21-8-13-24(14-9-21)35-32(39)30(22-10-15-25(37)16-11-22)27-7-4-18-36(27)28-19-23(31(33)34)12-17-29(28)38/h2-3,5-6,8-9,12-14,17,19,22,25,27,30,37-38H,4,7,10-11,15-16,18H2,1H3,(H3,33,34)(H,35,39). The molecule has 0 bridgehead atoms. The summed E-state index contributed by atoms with van der Waals surface area (Å²) in [6.07, 6.45) is 4.38.